The number of hydrogen-bond acceptors (Lipinski definition) is 3. The molecular formula is C8H14N2O2. The average Bonchev–Trinajstić information content (AvgIpc) is 2.51. The first-order valence-corrected chi connectivity index (χ1v) is 3.91. The Morgan fingerprint density at radius 3 is 2.92 bits per heavy atom. The third-order valence-electron chi connectivity index (χ3n) is 1.75. The van der Waals surface area contributed by atoms with E-state index in [4.69, 9.17) is 15.9 Å². The molecule has 0 aromatic carbocycles. The van der Waals surface area contributed by atoms with Gasteiger partial charge in [0.15, 0.2) is 0 Å². The van der Waals surface area contributed by atoms with Gasteiger partial charge in [0, 0.05) is 18.4 Å². The van der Waals surface area contributed by atoms with Crippen LogP contribution in [0.4, 0.5) is 0 Å². The standard InChI is InChI=1S/C8H14N2O2/c9-4-7-2-1-3-10(7)5-8(12)6-11/h1-3,8,11-12H,4-6,9H2. The molecule has 0 aliphatic rings. The number of rotatable bonds is 4. The van der Waals surface area contributed by atoms with Crippen molar-refractivity contribution in [2.75, 3.05) is 6.61 Å². The molecule has 1 atom stereocenters. The summed E-state index contributed by atoms with van der Waals surface area (Å²) >= 11 is 0. The highest BCUT2D eigenvalue weighted by molar-refractivity contribution is 5.06. The second kappa shape index (κ2) is 4.25. The van der Waals surface area contributed by atoms with E-state index in [1.54, 1.807) is 0 Å². The van der Waals surface area contributed by atoms with E-state index in [9.17, 15) is 0 Å². The molecule has 0 saturated carbocycles. The van der Waals surface area contributed by atoms with Crippen LogP contribution in [0.2, 0.25) is 0 Å². The molecule has 0 fully saturated rings. The van der Waals surface area contributed by atoms with Gasteiger partial charge in [0.1, 0.15) is 0 Å². The van der Waals surface area contributed by atoms with Crippen LogP contribution in [0.3, 0.4) is 0 Å². The molecule has 0 amide bonds. The number of hydrogen-bond donors (Lipinski definition) is 3. The predicted octanol–water partition coefficient (Wildman–Crippen LogP) is -0.700. The lowest BCUT2D eigenvalue weighted by Crippen LogP contribution is -2.21. The fourth-order valence-corrected chi connectivity index (χ4v) is 1.10. The zero-order valence-corrected chi connectivity index (χ0v) is 6.85. The Morgan fingerprint density at radius 1 is 1.58 bits per heavy atom. The number of aliphatic hydroxyl groups excluding tert-OH is 2. The van der Waals surface area contributed by atoms with Crippen molar-refractivity contribution in [2.45, 2.75) is 19.2 Å². The lowest BCUT2D eigenvalue weighted by molar-refractivity contribution is 0.0807. The Labute approximate surface area is 71.2 Å². The lowest BCUT2D eigenvalue weighted by atomic mass is 10.3. The van der Waals surface area contributed by atoms with Crippen LogP contribution in [0, 0.1) is 0 Å². The number of nitrogens with zero attached hydrogens (tertiary/aromatic N) is 1. The molecule has 68 valence electrons. The molecule has 4 nitrogen and oxygen atoms in total. The fraction of sp³-hybridized carbons (Fsp3) is 0.500. The molecular weight excluding hydrogens is 156 g/mol. The van der Waals surface area contributed by atoms with E-state index in [1.807, 2.05) is 22.9 Å². The largest absolute Gasteiger partial charge is 0.394 e. The third kappa shape index (κ3) is 2.07. The molecule has 0 aliphatic heterocycles. The molecule has 1 heterocycles. The normalized spacial score (nSPS) is 13.2. The summed E-state index contributed by atoms with van der Waals surface area (Å²) in [4.78, 5) is 0. The summed E-state index contributed by atoms with van der Waals surface area (Å²) in [6.45, 7) is 0.628. The van der Waals surface area contributed by atoms with E-state index in [0.717, 1.165) is 5.69 Å². The van der Waals surface area contributed by atoms with Crippen molar-refractivity contribution >= 4 is 0 Å². The molecule has 0 aliphatic carbocycles. The first-order chi connectivity index (χ1) is 5.77. The highest BCUT2D eigenvalue weighted by Crippen LogP contribution is 2.02. The second-order valence-corrected chi connectivity index (χ2v) is 2.69. The van der Waals surface area contributed by atoms with Crippen molar-refractivity contribution in [1.82, 2.24) is 4.57 Å². The van der Waals surface area contributed by atoms with Gasteiger partial charge in [-0.15, -0.1) is 0 Å². The second-order valence-electron chi connectivity index (χ2n) is 2.69. The van der Waals surface area contributed by atoms with E-state index >= 15 is 0 Å². The molecule has 1 unspecified atom stereocenters. The minimum Gasteiger partial charge on any atom is -0.394 e. The van der Waals surface area contributed by atoms with Gasteiger partial charge < -0.3 is 20.5 Å². The molecule has 0 radical (unpaired) electrons. The highest BCUT2D eigenvalue weighted by Gasteiger charge is 2.04. The van der Waals surface area contributed by atoms with Crippen LogP contribution in [-0.2, 0) is 13.1 Å². The molecule has 4 N–H and O–H groups in total. The summed E-state index contributed by atoms with van der Waals surface area (Å²) in [5.74, 6) is 0. The summed E-state index contributed by atoms with van der Waals surface area (Å²) < 4.78 is 1.83. The van der Waals surface area contributed by atoms with Crippen LogP contribution in [0.25, 0.3) is 0 Å². The maximum Gasteiger partial charge on any atom is 0.0949 e. The van der Waals surface area contributed by atoms with E-state index in [1.165, 1.54) is 0 Å². The Morgan fingerprint density at radius 2 is 2.33 bits per heavy atom. The smallest absolute Gasteiger partial charge is 0.0949 e. The fourth-order valence-electron chi connectivity index (χ4n) is 1.10. The van der Waals surface area contributed by atoms with Crippen LogP contribution in [-0.4, -0.2) is 27.5 Å². The monoisotopic (exact) mass is 170 g/mol. The Balaban J connectivity index is 2.61. The molecule has 12 heavy (non-hydrogen) atoms. The molecule has 0 spiro atoms. The van der Waals surface area contributed by atoms with E-state index < -0.39 is 6.10 Å². The van der Waals surface area contributed by atoms with Crippen LogP contribution in [0.15, 0.2) is 18.3 Å². The van der Waals surface area contributed by atoms with Crippen molar-refractivity contribution < 1.29 is 10.2 Å². The van der Waals surface area contributed by atoms with Crippen molar-refractivity contribution in [3.63, 3.8) is 0 Å². The topological polar surface area (TPSA) is 71.4 Å². The van der Waals surface area contributed by atoms with Crippen LogP contribution in [0.5, 0.6) is 0 Å². The molecule has 1 aromatic heterocycles. The SMILES string of the molecule is NCc1cccn1CC(O)CO. The molecule has 4 heteroatoms. The van der Waals surface area contributed by atoms with Gasteiger partial charge in [0.2, 0.25) is 0 Å². The minimum absolute atomic E-state index is 0.220. The summed E-state index contributed by atoms with van der Waals surface area (Å²) in [7, 11) is 0. The summed E-state index contributed by atoms with van der Waals surface area (Å²) in [5.41, 5.74) is 6.41. The minimum atomic E-state index is -0.706. The van der Waals surface area contributed by atoms with Crippen molar-refractivity contribution in [2.24, 2.45) is 5.73 Å². The molecule has 0 saturated heterocycles. The van der Waals surface area contributed by atoms with E-state index in [2.05, 4.69) is 0 Å². The van der Waals surface area contributed by atoms with Gasteiger partial charge >= 0.3 is 0 Å². The van der Waals surface area contributed by atoms with Gasteiger partial charge in [0.05, 0.1) is 19.3 Å². The van der Waals surface area contributed by atoms with Crippen LogP contribution >= 0.6 is 0 Å². The quantitative estimate of drug-likeness (QED) is 0.559. The Bertz CT molecular complexity index is 235. The van der Waals surface area contributed by atoms with Crippen LogP contribution in [0.1, 0.15) is 5.69 Å². The zero-order valence-electron chi connectivity index (χ0n) is 6.85. The van der Waals surface area contributed by atoms with E-state index in [0.29, 0.717) is 13.1 Å². The molecule has 0 bridgehead atoms. The zero-order chi connectivity index (χ0) is 8.97. The number of aromatic nitrogens is 1. The van der Waals surface area contributed by atoms with Gasteiger partial charge in [-0.1, -0.05) is 0 Å². The summed E-state index contributed by atoms with van der Waals surface area (Å²) in [6.07, 6.45) is 1.13. The van der Waals surface area contributed by atoms with Gasteiger partial charge in [0.25, 0.3) is 0 Å². The third-order valence-corrected chi connectivity index (χ3v) is 1.75. The molecule has 1 aromatic rings. The first kappa shape index (κ1) is 9.25. The van der Waals surface area contributed by atoms with Crippen molar-refractivity contribution in [3.05, 3.63) is 24.0 Å². The van der Waals surface area contributed by atoms with Gasteiger partial charge in [-0.3, -0.25) is 0 Å². The van der Waals surface area contributed by atoms with Crippen molar-refractivity contribution in [3.8, 4) is 0 Å². The number of nitrogens with two attached hydrogens (primary N) is 1. The van der Waals surface area contributed by atoms with Crippen molar-refractivity contribution in [1.29, 1.82) is 0 Å². The Kier molecular flexibility index (Phi) is 3.28. The van der Waals surface area contributed by atoms with Gasteiger partial charge in [-0.05, 0) is 12.1 Å². The van der Waals surface area contributed by atoms with Gasteiger partial charge in [-0.25, -0.2) is 0 Å². The maximum absolute atomic E-state index is 9.14. The first-order valence-electron chi connectivity index (χ1n) is 3.91. The summed E-state index contributed by atoms with van der Waals surface area (Å²) in [6, 6.07) is 3.76. The Hall–Kier alpha value is -0.840. The number of aliphatic hydroxyl groups is 2. The molecule has 1 rings (SSSR count). The maximum atomic E-state index is 9.14. The van der Waals surface area contributed by atoms with Gasteiger partial charge in [-0.2, -0.15) is 0 Å². The summed E-state index contributed by atoms with van der Waals surface area (Å²) in [5, 5.41) is 17.7. The van der Waals surface area contributed by atoms with E-state index in [-0.39, 0.29) is 6.61 Å². The average molecular weight is 170 g/mol. The van der Waals surface area contributed by atoms with Crippen LogP contribution < -0.4 is 5.73 Å². The highest BCUT2D eigenvalue weighted by atomic mass is 16.3. The lowest BCUT2D eigenvalue weighted by Gasteiger charge is -2.10. The predicted molar refractivity (Wildman–Crippen MR) is 45.4 cm³/mol.